The zero-order valence-corrected chi connectivity index (χ0v) is 17.9. The topological polar surface area (TPSA) is 179 Å². The van der Waals surface area contributed by atoms with Crippen molar-refractivity contribution in [3.8, 4) is 0 Å². The molecule has 162 valence electrons. The van der Waals surface area contributed by atoms with Crippen LogP contribution in [-0.4, -0.2) is 80.2 Å². The summed E-state index contributed by atoms with van der Waals surface area (Å²) >= 11 is 11.9. The number of hydrogen-bond acceptors (Lipinski definition) is 9. The molecule has 4 atom stereocenters. The van der Waals surface area contributed by atoms with Gasteiger partial charge in [-0.3, -0.25) is 14.4 Å². The van der Waals surface area contributed by atoms with Crippen molar-refractivity contribution in [2.45, 2.75) is 30.6 Å². The first-order valence-electron chi connectivity index (χ1n) is 8.42. The second-order valence-electron chi connectivity index (χ2n) is 5.96. The normalized spacial score (nSPS) is 14.9. The Balaban J connectivity index is 2.91. The molecule has 1 aromatic rings. The molecule has 0 aromatic carbocycles. The number of aromatic nitrogens is 2. The number of carboxylic acids is 1. The number of thiol groups is 3. The van der Waals surface area contributed by atoms with E-state index < -0.39 is 47.9 Å². The summed E-state index contributed by atoms with van der Waals surface area (Å²) in [5, 5.41) is 16.3. The maximum Gasteiger partial charge on any atom is 0.327 e. The number of aliphatic carboxylic acids is 1. The Morgan fingerprint density at radius 3 is 2.00 bits per heavy atom. The van der Waals surface area contributed by atoms with Gasteiger partial charge in [0.25, 0.3) is 0 Å². The highest BCUT2D eigenvalue weighted by molar-refractivity contribution is 7.80. The van der Waals surface area contributed by atoms with Crippen molar-refractivity contribution in [1.82, 2.24) is 25.9 Å². The van der Waals surface area contributed by atoms with Crippen molar-refractivity contribution < 1.29 is 24.3 Å². The number of nitrogens with one attached hydrogen (secondary N) is 4. The van der Waals surface area contributed by atoms with Crippen molar-refractivity contribution in [3.05, 3.63) is 18.2 Å². The van der Waals surface area contributed by atoms with Crippen molar-refractivity contribution in [2.24, 2.45) is 5.73 Å². The summed E-state index contributed by atoms with van der Waals surface area (Å²) in [5.41, 5.74) is 6.11. The number of nitrogens with two attached hydrogens (primary N) is 1. The SMILES string of the molecule is NC(CS)C(=O)NC(CS)C(=O)NC(Cc1cnc[nH]1)C(=O)NC(CS)C(=O)O. The van der Waals surface area contributed by atoms with Crippen molar-refractivity contribution >= 4 is 61.6 Å². The van der Waals surface area contributed by atoms with Gasteiger partial charge >= 0.3 is 5.97 Å². The molecule has 3 amide bonds. The first kappa shape index (κ1) is 25.1. The second kappa shape index (κ2) is 12.6. The fraction of sp³-hybridized carbons (Fsp3) is 0.533. The molecule has 0 aliphatic carbocycles. The summed E-state index contributed by atoms with van der Waals surface area (Å²) in [4.78, 5) is 54.9. The van der Waals surface area contributed by atoms with Gasteiger partial charge in [-0.05, 0) is 0 Å². The molecule has 1 rings (SSSR count). The lowest BCUT2D eigenvalue weighted by molar-refractivity contribution is -0.141. The number of carboxylic acid groups (broad SMARTS) is 1. The average molecular weight is 465 g/mol. The number of nitrogens with zero attached hydrogens (tertiary/aromatic N) is 1. The Labute approximate surface area is 183 Å². The zero-order chi connectivity index (χ0) is 22.0. The third-order valence-corrected chi connectivity index (χ3v) is 4.88. The molecule has 0 bridgehead atoms. The van der Waals surface area contributed by atoms with Gasteiger partial charge in [0.1, 0.15) is 18.1 Å². The molecule has 0 saturated heterocycles. The first-order chi connectivity index (χ1) is 13.7. The lowest BCUT2D eigenvalue weighted by atomic mass is 10.1. The Morgan fingerprint density at radius 2 is 1.52 bits per heavy atom. The minimum absolute atomic E-state index is 0.0138. The summed E-state index contributed by atoms with van der Waals surface area (Å²) in [7, 11) is 0. The van der Waals surface area contributed by atoms with E-state index in [2.05, 4.69) is 63.8 Å². The number of amides is 3. The van der Waals surface area contributed by atoms with E-state index >= 15 is 0 Å². The molecule has 0 saturated carbocycles. The van der Waals surface area contributed by atoms with E-state index in [0.29, 0.717) is 5.69 Å². The molecule has 11 nitrogen and oxygen atoms in total. The van der Waals surface area contributed by atoms with Crippen LogP contribution >= 0.6 is 37.9 Å². The average Bonchev–Trinajstić information content (AvgIpc) is 3.21. The zero-order valence-electron chi connectivity index (χ0n) is 15.2. The minimum atomic E-state index is -1.26. The van der Waals surface area contributed by atoms with Crippen molar-refractivity contribution in [3.63, 3.8) is 0 Å². The summed E-state index contributed by atoms with van der Waals surface area (Å²) < 4.78 is 0. The molecule has 4 unspecified atom stereocenters. The Kier molecular flexibility index (Phi) is 10.9. The minimum Gasteiger partial charge on any atom is -0.480 e. The van der Waals surface area contributed by atoms with Gasteiger partial charge in [-0.15, -0.1) is 0 Å². The number of carbonyl (C=O) groups excluding carboxylic acids is 3. The van der Waals surface area contributed by atoms with Gasteiger partial charge in [0.2, 0.25) is 17.7 Å². The molecular weight excluding hydrogens is 440 g/mol. The number of aromatic amines is 1. The maximum absolute atomic E-state index is 12.6. The second-order valence-corrected chi connectivity index (χ2v) is 7.05. The highest BCUT2D eigenvalue weighted by atomic mass is 32.1. The number of imidazole rings is 1. The number of H-pyrrole nitrogens is 1. The summed E-state index contributed by atoms with van der Waals surface area (Å²) in [5.74, 6) is -3.38. The number of hydrogen-bond donors (Lipinski definition) is 9. The van der Waals surface area contributed by atoms with Crippen LogP contribution in [0.3, 0.4) is 0 Å². The molecule has 0 aliphatic rings. The third-order valence-electron chi connectivity index (χ3n) is 3.76. The molecular formula is C15H24N6O5S3. The van der Waals surface area contributed by atoms with Crippen molar-refractivity contribution in [2.75, 3.05) is 17.3 Å². The van der Waals surface area contributed by atoms with Crippen LogP contribution in [0.1, 0.15) is 5.69 Å². The largest absolute Gasteiger partial charge is 0.480 e. The number of rotatable bonds is 12. The molecule has 0 aliphatic heterocycles. The van der Waals surface area contributed by atoms with E-state index in [4.69, 9.17) is 10.8 Å². The Hall–Kier alpha value is -1.90. The van der Waals surface area contributed by atoms with Gasteiger partial charge in [-0.2, -0.15) is 37.9 Å². The Bertz CT molecular complexity index is 705. The van der Waals surface area contributed by atoms with Gasteiger partial charge in [0, 0.05) is 35.6 Å². The highest BCUT2D eigenvalue weighted by Gasteiger charge is 2.29. The van der Waals surface area contributed by atoms with Crippen LogP contribution in [0.2, 0.25) is 0 Å². The van der Waals surface area contributed by atoms with E-state index in [0.717, 1.165) is 0 Å². The van der Waals surface area contributed by atoms with Gasteiger partial charge in [0.05, 0.1) is 12.4 Å². The lowest BCUT2D eigenvalue weighted by Gasteiger charge is -2.24. The molecule has 1 heterocycles. The van der Waals surface area contributed by atoms with Crippen LogP contribution in [-0.2, 0) is 25.6 Å². The first-order valence-corrected chi connectivity index (χ1v) is 10.3. The van der Waals surface area contributed by atoms with E-state index in [1.165, 1.54) is 12.5 Å². The predicted octanol–water partition coefficient (Wildman–Crippen LogP) is -2.39. The monoisotopic (exact) mass is 464 g/mol. The lowest BCUT2D eigenvalue weighted by Crippen LogP contribution is -2.58. The van der Waals surface area contributed by atoms with Gasteiger partial charge in [-0.1, -0.05) is 0 Å². The molecule has 1 aromatic heterocycles. The maximum atomic E-state index is 12.6. The van der Waals surface area contributed by atoms with E-state index in [-0.39, 0.29) is 23.7 Å². The summed E-state index contributed by atoms with van der Waals surface area (Å²) in [6.45, 7) is 0. The van der Waals surface area contributed by atoms with Crippen LogP contribution in [0.4, 0.5) is 0 Å². The van der Waals surface area contributed by atoms with Crippen LogP contribution in [0.25, 0.3) is 0 Å². The van der Waals surface area contributed by atoms with Crippen LogP contribution < -0.4 is 21.7 Å². The van der Waals surface area contributed by atoms with Gasteiger partial charge in [0.15, 0.2) is 0 Å². The van der Waals surface area contributed by atoms with Crippen LogP contribution in [0.5, 0.6) is 0 Å². The van der Waals surface area contributed by atoms with Crippen molar-refractivity contribution in [1.29, 1.82) is 0 Å². The van der Waals surface area contributed by atoms with Crippen LogP contribution in [0.15, 0.2) is 12.5 Å². The standard InChI is InChI=1S/C15H24N6O5S3/c16-8(3-27)12(22)20-10(4-28)14(24)19-9(1-7-2-17-6-18-7)13(23)21-11(5-29)15(25)26/h2,6,8-11,27-29H,1,3-5,16H2,(H,17,18)(H,19,24)(H,20,22)(H,21,23)(H,25,26). The summed E-state index contributed by atoms with van der Waals surface area (Å²) in [6, 6.07) is -4.35. The van der Waals surface area contributed by atoms with Crippen LogP contribution in [0, 0.1) is 0 Å². The third kappa shape index (κ3) is 8.16. The van der Waals surface area contributed by atoms with E-state index in [1.807, 2.05) is 0 Å². The highest BCUT2D eigenvalue weighted by Crippen LogP contribution is 2.02. The summed E-state index contributed by atoms with van der Waals surface area (Å²) in [6.07, 6.45) is 2.87. The smallest absolute Gasteiger partial charge is 0.327 e. The quantitative estimate of drug-likeness (QED) is 0.155. The number of carbonyl (C=O) groups is 4. The fourth-order valence-electron chi connectivity index (χ4n) is 2.11. The van der Waals surface area contributed by atoms with Gasteiger partial charge in [-0.25, -0.2) is 9.78 Å². The van der Waals surface area contributed by atoms with E-state index in [9.17, 15) is 19.2 Å². The Morgan fingerprint density at radius 1 is 0.966 bits per heavy atom. The van der Waals surface area contributed by atoms with E-state index in [1.54, 1.807) is 0 Å². The molecule has 14 heteroatoms. The molecule has 0 spiro atoms. The molecule has 0 fully saturated rings. The van der Waals surface area contributed by atoms with Gasteiger partial charge < -0.3 is 31.8 Å². The molecule has 7 N–H and O–H groups in total. The fourth-order valence-corrected chi connectivity index (χ4v) is 2.78. The predicted molar refractivity (Wildman–Crippen MR) is 115 cm³/mol. The molecule has 29 heavy (non-hydrogen) atoms. The molecule has 0 radical (unpaired) electrons.